The molecule has 0 saturated heterocycles. The molecule has 0 fully saturated rings. The molecule has 3 rings (SSSR count). The van der Waals surface area contributed by atoms with Crippen LogP contribution in [0.5, 0.6) is 0 Å². The van der Waals surface area contributed by atoms with E-state index in [1.807, 2.05) is 0 Å². The zero-order valence-corrected chi connectivity index (χ0v) is 15.2. The third kappa shape index (κ3) is 3.74. The van der Waals surface area contributed by atoms with Crippen LogP contribution in [0, 0.1) is 46.5 Å². The molecule has 0 bridgehead atoms. The van der Waals surface area contributed by atoms with E-state index in [2.05, 4.69) is 0 Å². The van der Waals surface area contributed by atoms with Crippen LogP contribution in [0.15, 0.2) is 12.2 Å². The highest BCUT2D eigenvalue weighted by molar-refractivity contribution is 6.07. The zero-order chi connectivity index (χ0) is 25.2. The predicted octanol–water partition coefficient (Wildman–Crippen LogP) is 7.71. The van der Waals surface area contributed by atoms with E-state index in [-0.39, 0.29) is 0 Å². The Balaban J connectivity index is 2.30. The van der Waals surface area contributed by atoms with Crippen molar-refractivity contribution in [2.75, 3.05) is 0 Å². The van der Waals surface area contributed by atoms with E-state index in [9.17, 15) is 61.5 Å². The fraction of sp³-hybridized carbons (Fsp3) is 0.158. The van der Waals surface area contributed by atoms with Gasteiger partial charge in [-0.3, -0.25) is 0 Å². The van der Waals surface area contributed by atoms with Crippen molar-refractivity contribution >= 4 is 11.1 Å². The van der Waals surface area contributed by atoms with Crippen molar-refractivity contribution in [3.8, 4) is 0 Å². The fourth-order valence-corrected chi connectivity index (χ4v) is 3.22. The summed E-state index contributed by atoms with van der Waals surface area (Å²) in [4.78, 5) is 0. The third-order valence-electron chi connectivity index (χ3n) is 4.57. The van der Waals surface area contributed by atoms with Gasteiger partial charge in [-0.05, 0) is 17.6 Å². The number of hydrogen-bond acceptors (Lipinski definition) is 0. The maximum Gasteiger partial charge on any atom is 0.422 e. The highest BCUT2D eigenvalue weighted by Crippen LogP contribution is 2.46. The van der Waals surface area contributed by atoms with Crippen molar-refractivity contribution in [1.82, 2.24) is 0 Å². The number of alkyl halides is 6. The number of benzene rings is 2. The predicted molar refractivity (Wildman–Crippen MR) is 83.1 cm³/mol. The summed E-state index contributed by atoms with van der Waals surface area (Å²) in [5.41, 5.74) is -12.3. The molecule has 0 radical (unpaired) electrons. The summed E-state index contributed by atoms with van der Waals surface area (Å²) in [7, 11) is 0. The van der Waals surface area contributed by atoms with E-state index in [0.29, 0.717) is 12.2 Å². The monoisotopic (exact) mass is 498 g/mol. The Labute approximate surface area is 173 Å². The summed E-state index contributed by atoms with van der Waals surface area (Å²) in [5, 5.41) is 0. The average Bonchev–Trinajstić information content (AvgIpc) is 3.12. The summed E-state index contributed by atoms with van der Waals surface area (Å²) >= 11 is 0. The molecule has 0 saturated carbocycles. The van der Waals surface area contributed by atoms with Gasteiger partial charge in [-0.2, -0.15) is 26.3 Å². The van der Waals surface area contributed by atoms with Crippen LogP contribution in [0.25, 0.3) is 11.1 Å². The lowest BCUT2D eigenvalue weighted by atomic mass is 9.91. The quantitative estimate of drug-likeness (QED) is 0.294. The molecule has 14 heteroatoms. The molecule has 0 unspecified atom stereocenters. The smallest absolute Gasteiger partial charge is 0.203 e. The maximum absolute atomic E-state index is 14.3. The molecule has 0 heterocycles. The van der Waals surface area contributed by atoms with Gasteiger partial charge in [0.15, 0.2) is 46.5 Å². The first kappa shape index (κ1) is 24.6. The third-order valence-corrected chi connectivity index (χ3v) is 4.57. The topological polar surface area (TPSA) is 0 Å². The van der Waals surface area contributed by atoms with Gasteiger partial charge in [-0.25, -0.2) is 35.1 Å². The van der Waals surface area contributed by atoms with Crippen molar-refractivity contribution in [3.05, 3.63) is 80.9 Å². The second-order valence-corrected chi connectivity index (χ2v) is 6.48. The molecular weight excluding hydrogens is 494 g/mol. The van der Waals surface area contributed by atoms with Gasteiger partial charge in [0.25, 0.3) is 0 Å². The molecule has 0 nitrogen and oxygen atoms in total. The number of allylic oxidation sites excluding steroid dienone is 4. The molecule has 178 valence electrons. The van der Waals surface area contributed by atoms with Gasteiger partial charge < -0.3 is 0 Å². The Morgan fingerprint density at radius 1 is 0.424 bits per heavy atom. The molecule has 2 aromatic carbocycles. The van der Waals surface area contributed by atoms with Crippen LogP contribution < -0.4 is 0 Å². The molecule has 1 aliphatic rings. The lowest BCUT2D eigenvalue weighted by molar-refractivity contribution is -0.144. The minimum Gasteiger partial charge on any atom is -0.203 e. The van der Waals surface area contributed by atoms with E-state index in [1.165, 1.54) is 0 Å². The summed E-state index contributed by atoms with van der Waals surface area (Å²) in [6.45, 7) is 0. The van der Waals surface area contributed by atoms with Crippen molar-refractivity contribution < 1.29 is 61.5 Å². The Hall–Kier alpha value is -3.06. The van der Waals surface area contributed by atoms with Crippen LogP contribution in [0.3, 0.4) is 0 Å². The minimum absolute atomic E-state index is 0.565. The van der Waals surface area contributed by atoms with Crippen molar-refractivity contribution in [3.63, 3.8) is 0 Å². The molecular formula is C19H4F14. The molecule has 0 spiro atoms. The van der Waals surface area contributed by atoms with Crippen molar-refractivity contribution in [2.45, 2.75) is 18.8 Å². The molecule has 0 N–H and O–H groups in total. The Morgan fingerprint density at radius 3 is 0.879 bits per heavy atom. The highest BCUT2D eigenvalue weighted by atomic mass is 19.4. The normalized spacial score (nSPS) is 14.6. The minimum atomic E-state index is -5.91. The summed E-state index contributed by atoms with van der Waals surface area (Å²) in [6.07, 6.45) is -11.3. The van der Waals surface area contributed by atoms with Crippen LogP contribution in [0.1, 0.15) is 28.7 Å². The van der Waals surface area contributed by atoms with Crippen LogP contribution in [0.2, 0.25) is 0 Å². The zero-order valence-electron chi connectivity index (χ0n) is 15.2. The second-order valence-electron chi connectivity index (χ2n) is 6.48. The Kier molecular flexibility index (Phi) is 5.78. The first-order valence-electron chi connectivity index (χ1n) is 8.29. The average molecular weight is 498 g/mol. The van der Waals surface area contributed by atoms with Crippen molar-refractivity contribution in [2.24, 2.45) is 0 Å². The largest absolute Gasteiger partial charge is 0.422 e. The molecule has 33 heavy (non-hydrogen) atoms. The first-order chi connectivity index (χ1) is 15.0. The van der Waals surface area contributed by atoms with Gasteiger partial charge in [0.1, 0.15) is 11.1 Å². The van der Waals surface area contributed by atoms with Crippen LogP contribution in [0.4, 0.5) is 61.5 Å². The lowest BCUT2D eigenvalue weighted by Gasteiger charge is -2.18. The van der Waals surface area contributed by atoms with Gasteiger partial charge in [0.05, 0.1) is 11.1 Å². The molecule has 2 aromatic rings. The molecule has 0 aliphatic heterocycles. The van der Waals surface area contributed by atoms with Gasteiger partial charge in [0, 0.05) is 0 Å². The number of hydrogen-bond donors (Lipinski definition) is 0. The Bertz CT molecular complexity index is 1070. The number of rotatable bonds is 2. The van der Waals surface area contributed by atoms with E-state index >= 15 is 0 Å². The van der Waals surface area contributed by atoms with Crippen LogP contribution >= 0.6 is 0 Å². The van der Waals surface area contributed by atoms with Gasteiger partial charge in [-0.1, -0.05) is 12.2 Å². The van der Waals surface area contributed by atoms with Gasteiger partial charge in [-0.15, -0.1) is 0 Å². The Morgan fingerprint density at radius 2 is 0.667 bits per heavy atom. The van der Waals surface area contributed by atoms with E-state index in [1.54, 1.807) is 0 Å². The lowest BCUT2D eigenvalue weighted by Crippen LogP contribution is -2.18. The maximum atomic E-state index is 14.3. The second kappa shape index (κ2) is 7.76. The first-order valence-corrected chi connectivity index (χ1v) is 8.29. The van der Waals surface area contributed by atoms with Crippen LogP contribution in [-0.4, -0.2) is 0 Å². The standard InChI is InChI=1S/C19H4F14/c20-10-6(11(21)15(25)8(14(10)24)18(28,29)30)4-2-1-3-5(4)7-12(22)16(26)9(19(31,32)33)17(27)13(7)23/h2-3H,1H2. The van der Waals surface area contributed by atoms with Gasteiger partial charge in [0.2, 0.25) is 0 Å². The van der Waals surface area contributed by atoms with Crippen LogP contribution in [-0.2, 0) is 12.4 Å². The molecule has 0 atom stereocenters. The molecule has 0 amide bonds. The molecule has 0 aromatic heterocycles. The van der Waals surface area contributed by atoms with E-state index in [4.69, 9.17) is 0 Å². The summed E-state index contributed by atoms with van der Waals surface area (Å²) in [6, 6.07) is 0. The molecule has 1 aliphatic carbocycles. The van der Waals surface area contributed by atoms with E-state index in [0.717, 1.165) is 0 Å². The van der Waals surface area contributed by atoms with E-state index < -0.39 is 98.7 Å². The summed E-state index contributed by atoms with van der Waals surface area (Å²) in [5.74, 6) is -22.4. The van der Waals surface area contributed by atoms with Crippen molar-refractivity contribution in [1.29, 1.82) is 0 Å². The number of halogens is 14. The summed E-state index contributed by atoms with van der Waals surface area (Å²) < 4.78 is 189. The van der Waals surface area contributed by atoms with Gasteiger partial charge >= 0.3 is 12.4 Å². The SMILES string of the molecule is Fc1c(F)c(C(F)(F)F)c(F)c(F)c1C1=CCC=C1c1c(F)c(F)c(C(F)(F)F)c(F)c1F. The fourth-order valence-electron chi connectivity index (χ4n) is 3.22. The highest BCUT2D eigenvalue weighted by Gasteiger charge is 2.45.